The van der Waals surface area contributed by atoms with Gasteiger partial charge in [0.25, 0.3) is 0 Å². The summed E-state index contributed by atoms with van der Waals surface area (Å²) < 4.78 is 21.8. The number of hydrogen-bond acceptors (Lipinski definition) is 6. The number of fused-ring (bicyclic) bond motifs is 1. The van der Waals surface area contributed by atoms with Crippen molar-refractivity contribution in [2.24, 2.45) is 0 Å². The van der Waals surface area contributed by atoms with Gasteiger partial charge in [-0.25, -0.2) is 4.79 Å². The monoisotopic (exact) mass is 398 g/mol. The van der Waals surface area contributed by atoms with Gasteiger partial charge in [0.2, 0.25) is 11.5 Å². The van der Waals surface area contributed by atoms with E-state index in [0.717, 1.165) is 6.42 Å². The van der Waals surface area contributed by atoms with Gasteiger partial charge in [0, 0.05) is 0 Å². The maximum atomic E-state index is 12.9. The minimum Gasteiger partial charge on any atom is -0.493 e. The van der Waals surface area contributed by atoms with Crippen LogP contribution in [0.2, 0.25) is 0 Å². The average molecular weight is 398 g/mol. The predicted octanol–water partition coefficient (Wildman–Crippen LogP) is 3.98. The number of allylic oxidation sites excluding steroid dienone is 1. The number of rotatable bonds is 7. The number of Topliss-reactive ketones (excluding diaryl/α,β-unsaturated/α-hetero) is 1. The summed E-state index contributed by atoms with van der Waals surface area (Å²) in [6, 6.07) is 6.31. The van der Waals surface area contributed by atoms with Gasteiger partial charge < -0.3 is 24.1 Å². The minimum atomic E-state index is -1.08. The molecule has 2 aromatic rings. The predicted molar refractivity (Wildman–Crippen MR) is 106 cm³/mol. The molecule has 0 aliphatic carbocycles. The molecule has 152 valence electrons. The normalized spacial score (nSPS) is 13.8. The Balaban J connectivity index is 2.07. The maximum Gasteiger partial charge on any atom is 0.335 e. The van der Waals surface area contributed by atoms with E-state index in [1.54, 1.807) is 24.3 Å². The molecule has 0 atom stereocenters. The van der Waals surface area contributed by atoms with Crippen molar-refractivity contribution in [2.75, 3.05) is 21.3 Å². The standard InChI is InChI=1S/C22H22O7/c1-5-6-13-10-14(22(24)25)11-15-19(23)16(29-20(13)15)7-12-8-17(26-2)21(28-4)18(9-12)27-3/h7-11H,5-6H2,1-4H3,(H,24,25). The van der Waals surface area contributed by atoms with E-state index in [-0.39, 0.29) is 22.7 Å². The number of benzene rings is 2. The highest BCUT2D eigenvalue weighted by atomic mass is 16.5. The first-order valence-corrected chi connectivity index (χ1v) is 9.07. The molecule has 0 saturated heterocycles. The van der Waals surface area contributed by atoms with Crippen molar-refractivity contribution >= 4 is 17.8 Å². The quantitative estimate of drug-likeness (QED) is 0.706. The molecule has 0 saturated carbocycles. The number of methoxy groups -OCH3 is 3. The van der Waals surface area contributed by atoms with Crippen LogP contribution in [0.1, 0.15) is 45.2 Å². The summed E-state index contributed by atoms with van der Waals surface area (Å²) >= 11 is 0. The van der Waals surface area contributed by atoms with Crippen LogP contribution in [0.15, 0.2) is 30.0 Å². The van der Waals surface area contributed by atoms with Gasteiger partial charge in [-0.15, -0.1) is 0 Å². The molecule has 1 aliphatic heterocycles. The van der Waals surface area contributed by atoms with Gasteiger partial charge in [0.05, 0.1) is 32.5 Å². The number of hydrogen-bond donors (Lipinski definition) is 1. The van der Waals surface area contributed by atoms with Crippen molar-refractivity contribution in [3.63, 3.8) is 0 Å². The molecule has 1 N–H and O–H groups in total. The summed E-state index contributed by atoms with van der Waals surface area (Å²) in [6.07, 6.45) is 2.97. The number of aryl methyl sites for hydroxylation is 1. The van der Waals surface area contributed by atoms with Crippen LogP contribution in [-0.4, -0.2) is 38.2 Å². The van der Waals surface area contributed by atoms with Gasteiger partial charge in [-0.3, -0.25) is 4.79 Å². The third kappa shape index (κ3) is 3.76. The third-order valence-corrected chi connectivity index (χ3v) is 4.60. The van der Waals surface area contributed by atoms with Crippen LogP contribution in [0, 0.1) is 0 Å². The summed E-state index contributed by atoms with van der Waals surface area (Å²) in [5.41, 5.74) is 1.64. The highest BCUT2D eigenvalue weighted by molar-refractivity contribution is 6.15. The molecule has 0 fully saturated rings. The fourth-order valence-electron chi connectivity index (χ4n) is 3.28. The zero-order valence-corrected chi connectivity index (χ0v) is 16.7. The Bertz CT molecular complexity index is 979. The van der Waals surface area contributed by atoms with Gasteiger partial charge >= 0.3 is 5.97 Å². The van der Waals surface area contributed by atoms with E-state index in [1.807, 2.05) is 6.92 Å². The highest BCUT2D eigenvalue weighted by Crippen LogP contribution is 2.40. The van der Waals surface area contributed by atoms with Crippen LogP contribution >= 0.6 is 0 Å². The number of carbonyl (C=O) groups is 2. The SMILES string of the molecule is CCCc1cc(C(=O)O)cc2c1OC(=Cc1cc(OC)c(OC)c(OC)c1)C2=O. The van der Waals surface area contributed by atoms with Crippen molar-refractivity contribution in [3.05, 3.63) is 52.3 Å². The number of ether oxygens (including phenoxy) is 4. The first-order chi connectivity index (χ1) is 13.9. The largest absolute Gasteiger partial charge is 0.493 e. The third-order valence-electron chi connectivity index (χ3n) is 4.60. The van der Waals surface area contributed by atoms with Crippen LogP contribution in [0.25, 0.3) is 6.08 Å². The van der Waals surface area contributed by atoms with Crippen LogP contribution in [0.5, 0.6) is 23.0 Å². The second kappa shape index (κ2) is 8.26. The number of ketones is 1. The van der Waals surface area contributed by atoms with E-state index in [1.165, 1.54) is 27.4 Å². The van der Waals surface area contributed by atoms with Crippen molar-refractivity contribution in [1.82, 2.24) is 0 Å². The van der Waals surface area contributed by atoms with E-state index in [2.05, 4.69) is 0 Å². The molecule has 1 heterocycles. The summed E-state index contributed by atoms with van der Waals surface area (Å²) in [6.45, 7) is 1.98. The van der Waals surface area contributed by atoms with Crippen LogP contribution in [0.3, 0.4) is 0 Å². The summed E-state index contributed by atoms with van der Waals surface area (Å²) in [4.78, 5) is 24.3. The number of carboxylic acid groups (broad SMARTS) is 1. The Morgan fingerprint density at radius 3 is 2.24 bits per heavy atom. The fourth-order valence-corrected chi connectivity index (χ4v) is 3.28. The summed E-state index contributed by atoms with van der Waals surface area (Å²) in [7, 11) is 4.52. The second-order valence-corrected chi connectivity index (χ2v) is 6.47. The zero-order valence-electron chi connectivity index (χ0n) is 16.7. The van der Waals surface area contributed by atoms with Gasteiger partial charge in [-0.1, -0.05) is 13.3 Å². The minimum absolute atomic E-state index is 0.0678. The lowest BCUT2D eigenvalue weighted by Crippen LogP contribution is -2.02. The molecular formula is C22H22O7. The van der Waals surface area contributed by atoms with E-state index in [0.29, 0.717) is 40.5 Å². The van der Waals surface area contributed by atoms with Gasteiger partial charge in [-0.05, 0) is 47.9 Å². The molecule has 0 unspecified atom stereocenters. The number of aromatic carboxylic acids is 1. The first-order valence-electron chi connectivity index (χ1n) is 9.07. The number of carboxylic acids is 1. The molecule has 29 heavy (non-hydrogen) atoms. The second-order valence-electron chi connectivity index (χ2n) is 6.47. The Hall–Kier alpha value is -3.48. The van der Waals surface area contributed by atoms with Gasteiger partial charge in [0.15, 0.2) is 17.3 Å². The maximum absolute atomic E-state index is 12.9. The molecule has 7 nitrogen and oxygen atoms in total. The lowest BCUT2D eigenvalue weighted by Gasteiger charge is -2.13. The molecule has 0 radical (unpaired) electrons. The van der Waals surface area contributed by atoms with Gasteiger partial charge in [-0.2, -0.15) is 0 Å². The lowest BCUT2D eigenvalue weighted by atomic mass is 9.99. The number of carbonyl (C=O) groups excluding carboxylic acids is 1. The molecule has 0 spiro atoms. The van der Waals surface area contributed by atoms with E-state index >= 15 is 0 Å². The first kappa shape index (κ1) is 20.3. The Kier molecular flexibility index (Phi) is 5.77. The average Bonchev–Trinajstić information content (AvgIpc) is 3.03. The Morgan fingerprint density at radius 2 is 1.72 bits per heavy atom. The molecule has 0 amide bonds. The van der Waals surface area contributed by atoms with Crippen molar-refractivity contribution in [3.8, 4) is 23.0 Å². The molecular weight excluding hydrogens is 376 g/mol. The van der Waals surface area contributed by atoms with Crippen molar-refractivity contribution in [1.29, 1.82) is 0 Å². The topological polar surface area (TPSA) is 91.3 Å². The zero-order chi connectivity index (χ0) is 21.1. The molecule has 1 aliphatic rings. The van der Waals surface area contributed by atoms with Gasteiger partial charge in [0.1, 0.15) is 5.75 Å². The van der Waals surface area contributed by atoms with Crippen LogP contribution < -0.4 is 18.9 Å². The van der Waals surface area contributed by atoms with E-state index < -0.39 is 5.97 Å². The molecule has 7 heteroatoms. The van der Waals surface area contributed by atoms with Crippen LogP contribution in [-0.2, 0) is 6.42 Å². The molecule has 3 rings (SSSR count). The summed E-state index contributed by atoms with van der Waals surface area (Å²) in [5, 5.41) is 9.35. The summed E-state index contributed by atoms with van der Waals surface area (Å²) in [5.74, 6) is 0.405. The van der Waals surface area contributed by atoms with Crippen molar-refractivity contribution in [2.45, 2.75) is 19.8 Å². The van der Waals surface area contributed by atoms with Crippen molar-refractivity contribution < 1.29 is 33.6 Å². The molecule has 0 bridgehead atoms. The Morgan fingerprint density at radius 1 is 1.07 bits per heavy atom. The highest BCUT2D eigenvalue weighted by Gasteiger charge is 2.31. The Labute approximate surface area is 168 Å². The fraction of sp³-hybridized carbons (Fsp3) is 0.273. The lowest BCUT2D eigenvalue weighted by molar-refractivity contribution is 0.0696. The molecule has 0 aromatic heterocycles. The van der Waals surface area contributed by atoms with E-state index in [9.17, 15) is 14.7 Å². The van der Waals surface area contributed by atoms with Crippen LogP contribution in [0.4, 0.5) is 0 Å². The van der Waals surface area contributed by atoms with E-state index in [4.69, 9.17) is 18.9 Å². The molecule has 2 aromatic carbocycles. The smallest absolute Gasteiger partial charge is 0.335 e.